The van der Waals surface area contributed by atoms with E-state index >= 15 is 0 Å². The van der Waals surface area contributed by atoms with Gasteiger partial charge in [0.1, 0.15) is 10.1 Å². The molecule has 0 aliphatic carbocycles. The van der Waals surface area contributed by atoms with Crippen LogP contribution in [0.15, 0.2) is 23.0 Å². The van der Waals surface area contributed by atoms with Crippen LogP contribution >= 0.6 is 24.0 Å². The maximum Gasteiger partial charge on any atom is 0.258 e. The van der Waals surface area contributed by atoms with E-state index in [1.54, 1.807) is 18.7 Å². The maximum atomic E-state index is 12.0. The van der Waals surface area contributed by atoms with Crippen molar-refractivity contribution in [1.82, 2.24) is 14.9 Å². The van der Waals surface area contributed by atoms with Gasteiger partial charge in [0.05, 0.1) is 10.9 Å². The molecule has 0 fully saturated rings. The largest absolute Gasteiger partial charge is 0.356 e. The summed E-state index contributed by atoms with van der Waals surface area (Å²) in [5.41, 5.74) is 1.70. The number of rotatable bonds is 5. The molecule has 22 heavy (non-hydrogen) atoms. The number of fused-ring (bicyclic) bond motifs is 1. The Labute approximate surface area is 140 Å². The Hall–Kier alpha value is -1.40. The Morgan fingerprint density at radius 3 is 2.95 bits per heavy atom. The van der Waals surface area contributed by atoms with Crippen LogP contribution < -0.4 is 5.56 Å². The number of nitrogens with one attached hydrogen (secondary N) is 1. The zero-order valence-corrected chi connectivity index (χ0v) is 14.8. The summed E-state index contributed by atoms with van der Waals surface area (Å²) in [4.78, 5) is 21.1. The second-order valence-corrected chi connectivity index (χ2v) is 7.06. The highest BCUT2D eigenvalue weighted by Gasteiger charge is 2.08. The van der Waals surface area contributed by atoms with E-state index in [1.807, 2.05) is 30.1 Å². The lowest BCUT2D eigenvalue weighted by molar-refractivity contribution is 0.519. The third-order valence-electron chi connectivity index (χ3n) is 3.34. The van der Waals surface area contributed by atoms with Gasteiger partial charge in [0.15, 0.2) is 0 Å². The van der Waals surface area contributed by atoms with Gasteiger partial charge in [-0.25, -0.2) is 4.98 Å². The second-order valence-electron chi connectivity index (χ2n) is 5.33. The summed E-state index contributed by atoms with van der Waals surface area (Å²) in [6.07, 6.45) is 2.36. The maximum absolute atomic E-state index is 12.0. The molecule has 0 aliphatic rings. The summed E-state index contributed by atoms with van der Waals surface area (Å²) in [6, 6.07) is 5.80. The second kappa shape index (κ2) is 7.74. The number of nitrogens with zero attached hydrogens (tertiary/aromatic N) is 2. The molecule has 0 amide bonds. The Bertz CT molecular complexity index is 727. The molecule has 0 bridgehead atoms. The zero-order valence-electron chi connectivity index (χ0n) is 13.2. The summed E-state index contributed by atoms with van der Waals surface area (Å²) < 4.78 is 0.893. The minimum atomic E-state index is -0.0908. The molecular weight excluding hydrogens is 314 g/mol. The highest BCUT2D eigenvalue weighted by atomic mass is 32.2. The summed E-state index contributed by atoms with van der Waals surface area (Å²) in [5.74, 6) is 1.69. The Kier molecular flexibility index (Phi) is 5.97. The lowest BCUT2D eigenvalue weighted by Crippen LogP contribution is -2.22. The molecule has 0 aliphatic heterocycles. The molecule has 2 aromatic rings. The van der Waals surface area contributed by atoms with E-state index in [1.165, 1.54) is 12.8 Å². The molecule has 1 aromatic carbocycles. The first-order chi connectivity index (χ1) is 10.5. The minimum absolute atomic E-state index is 0.0908. The summed E-state index contributed by atoms with van der Waals surface area (Å²) in [5, 5.41) is 0.626. The number of benzene rings is 1. The Morgan fingerprint density at radius 1 is 1.45 bits per heavy atom. The summed E-state index contributed by atoms with van der Waals surface area (Å²) in [6.45, 7) is 4.66. The van der Waals surface area contributed by atoms with Gasteiger partial charge in [-0.1, -0.05) is 43.4 Å². The van der Waals surface area contributed by atoms with Crippen molar-refractivity contribution in [1.29, 1.82) is 0 Å². The van der Waals surface area contributed by atoms with Crippen LogP contribution in [0.1, 0.15) is 31.2 Å². The first kappa shape index (κ1) is 17.0. The molecule has 1 heterocycles. The quantitative estimate of drug-likeness (QED) is 0.669. The molecule has 2 rings (SSSR count). The van der Waals surface area contributed by atoms with Gasteiger partial charge in [0.25, 0.3) is 5.56 Å². The van der Waals surface area contributed by atoms with Crippen LogP contribution in [0.5, 0.6) is 0 Å². The average molecular weight is 335 g/mol. The van der Waals surface area contributed by atoms with Gasteiger partial charge < -0.3 is 9.88 Å². The van der Waals surface area contributed by atoms with Crippen molar-refractivity contribution >= 4 is 39.2 Å². The molecule has 4 nitrogen and oxygen atoms in total. The van der Waals surface area contributed by atoms with Crippen molar-refractivity contribution in [2.24, 2.45) is 0 Å². The molecule has 0 radical (unpaired) electrons. The predicted octanol–water partition coefficient (Wildman–Crippen LogP) is 3.48. The first-order valence-corrected chi connectivity index (χ1v) is 8.78. The van der Waals surface area contributed by atoms with E-state index in [9.17, 15) is 4.79 Å². The first-order valence-electron chi connectivity index (χ1n) is 7.38. The van der Waals surface area contributed by atoms with Crippen molar-refractivity contribution in [2.45, 2.75) is 33.2 Å². The number of H-pyrrole nitrogens is 1. The SMILES string of the molecule is CCCCSC(=S)N(C)Cc1ccc2nc(C)[nH]c(=O)c2c1. The zero-order chi connectivity index (χ0) is 16.1. The minimum Gasteiger partial charge on any atom is -0.356 e. The lowest BCUT2D eigenvalue weighted by atomic mass is 10.1. The number of hydrogen-bond acceptors (Lipinski definition) is 4. The Morgan fingerprint density at radius 2 is 2.23 bits per heavy atom. The molecule has 0 saturated carbocycles. The van der Waals surface area contributed by atoms with Gasteiger partial charge >= 0.3 is 0 Å². The van der Waals surface area contributed by atoms with Gasteiger partial charge in [-0.15, -0.1) is 0 Å². The molecule has 0 atom stereocenters. The van der Waals surface area contributed by atoms with Crippen LogP contribution in [0.4, 0.5) is 0 Å². The average Bonchev–Trinajstić information content (AvgIpc) is 2.48. The lowest BCUT2D eigenvalue weighted by Gasteiger charge is -2.19. The third-order valence-corrected chi connectivity index (χ3v) is 5.06. The third kappa shape index (κ3) is 4.30. The number of aryl methyl sites for hydroxylation is 1. The number of hydrogen-bond donors (Lipinski definition) is 1. The fraction of sp³-hybridized carbons (Fsp3) is 0.438. The number of aromatic amines is 1. The topological polar surface area (TPSA) is 49.0 Å². The van der Waals surface area contributed by atoms with Crippen LogP contribution in [0, 0.1) is 6.92 Å². The molecule has 0 unspecified atom stereocenters. The van der Waals surface area contributed by atoms with E-state index < -0.39 is 0 Å². The highest BCUT2D eigenvalue weighted by Crippen LogP contribution is 2.16. The van der Waals surface area contributed by atoms with E-state index in [0.717, 1.165) is 21.2 Å². The monoisotopic (exact) mass is 335 g/mol. The molecular formula is C16H21N3OS2. The molecule has 0 saturated heterocycles. The molecule has 0 spiro atoms. The van der Waals surface area contributed by atoms with Crippen LogP contribution in [-0.4, -0.2) is 32.0 Å². The van der Waals surface area contributed by atoms with Crippen LogP contribution in [0.2, 0.25) is 0 Å². The molecule has 118 valence electrons. The number of thioether (sulfide) groups is 1. The number of unbranched alkanes of at least 4 members (excludes halogenated alkanes) is 1. The van der Waals surface area contributed by atoms with Crippen LogP contribution in [-0.2, 0) is 6.54 Å². The van der Waals surface area contributed by atoms with Crippen molar-refractivity contribution in [2.75, 3.05) is 12.8 Å². The highest BCUT2D eigenvalue weighted by molar-refractivity contribution is 8.22. The normalized spacial score (nSPS) is 10.9. The number of aromatic nitrogens is 2. The Balaban J connectivity index is 2.11. The van der Waals surface area contributed by atoms with Gasteiger partial charge in [-0.3, -0.25) is 4.79 Å². The van der Waals surface area contributed by atoms with E-state index in [-0.39, 0.29) is 5.56 Å². The summed E-state index contributed by atoms with van der Waals surface area (Å²) >= 11 is 7.15. The van der Waals surface area contributed by atoms with Gasteiger partial charge in [0.2, 0.25) is 0 Å². The fourth-order valence-electron chi connectivity index (χ4n) is 2.15. The van der Waals surface area contributed by atoms with Crippen molar-refractivity contribution in [3.8, 4) is 0 Å². The molecule has 1 aromatic heterocycles. The molecule has 1 N–H and O–H groups in total. The smallest absolute Gasteiger partial charge is 0.258 e. The van der Waals surface area contributed by atoms with E-state index in [4.69, 9.17) is 12.2 Å². The van der Waals surface area contributed by atoms with Gasteiger partial charge in [-0.2, -0.15) is 0 Å². The standard InChI is InChI=1S/C16H21N3OS2/c1-4-5-8-22-16(21)19(3)10-12-6-7-14-13(9-12)15(20)18-11(2)17-14/h6-7,9H,4-5,8,10H2,1-3H3,(H,17,18,20). The van der Waals surface area contributed by atoms with Crippen molar-refractivity contribution < 1.29 is 0 Å². The predicted molar refractivity (Wildman–Crippen MR) is 98.5 cm³/mol. The van der Waals surface area contributed by atoms with Gasteiger partial charge in [-0.05, 0) is 31.0 Å². The van der Waals surface area contributed by atoms with E-state index in [0.29, 0.717) is 17.8 Å². The van der Waals surface area contributed by atoms with Crippen LogP contribution in [0.25, 0.3) is 10.9 Å². The van der Waals surface area contributed by atoms with Crippen molar-refractivity contribution in [3.05, 3.63) is 39.9 Å². The van der Waals surface area contributed by atoms with Crippen molar-refractivity contribution in [3.63, 3.8) is 0 Å². The fourth-order valence-corrected chi connectivity index (χ4v) is 3.36. The van der Waals surface area contributed by atoms with E-state index in [2.05, 4.69) is 16.9 Å². The van der Waals surface area contributed by atoms with Gasteiger partial charge in [0, 0.05) is 19.3 Å². The summed E-state index contributed by atoms with van der Waals surface area (Å²) in [7, 11) is 1.99. The van der Waals surface area contributed by atoms with Crippen LogP contribution in [0.3, 0.4) is 0 Å². The molecule has 6 heteroatoms. The number of thiocarbonyl (C=S) groups is 1.